The SMILES string of the molecule is N#Cc1ccc(OOP(=O)(OOc2ccc(C#N)cc2)Oc2ccccc2)cc1. The van der Waals surface area contributed by atoms with Gasteiger partial charge in [-0.2, -0.15) is 10.5 Å². The van der Waals surface area contributed by atoms with Gasteiger partial charge in [0.15, 0.2) is 11.5 Å². The molecule has 0 saturated carbocycles. The molecule has 0 atom stereocenters. The predicted molar refractivity (Wildman–Crippen MR) is 100 cm³/mol. The summed E-state index contributed by atoms with van der Waals surface area (Å²) in [4.78, 5) is 10.0. The summed E-state index contributed by atoms with van der Waals surface area (Å²) in [7, 11) is -4.38. The van der Waals surface area contributed by atoms with E-state index in [1.165, 1.54) is 48.5 Å². The number of phosphoric acid groups is 1. The first-order valence-corrected chi connectivity index (χ1v) is 9.64. The lowest BCUT2D eigenvalue weighted by Gasteiger charge is -2.16. The molecule has 0 radical (unpaired) electrons. The molecule has 0 N–H and O–H groups in total. The number of nitrogens with zero attached hydrogens (tertiary/aromatic N) is 2. The van der Waals surface area contributed by atoms with Crippen LogP contribution < -0.4 is 14.3 Å². The van der Waals surface area contributed by atoms with Crippen LogP contribution in [-0.2, 0) is 13.9 Å². The van der Waals surface area contributed by atoms with Crippen molar-refractivity contribution in [3.8, 4) is 29.4 Å². The van der Waals surface area contributed by atoms with Crippen LogP contribution in [0.4, 0.5) is 0 Å². The second-order valence-electron chi connectivity index (χ2n) is 5.44. The third kappa shape index (κ3) is 5.83. The maximum absolute atomic E-state index is 13.0. The minimum absolute atomic E-state index is 0.169. The first kappa shape index (κ1) is 19.9. The average molecular weight is 408 g/mol. The standard InChI is InChI=1S/C20H13N2O6P/c21-14-16-6-10-18(11-7-16)24-27-29(23,26-20-4-2-1-3-5-20)28-25-19-12-8-17(15-22)9-13-19/h1-13H. The molecule has 8 nitrogen and oxygen atoms in total. The van der Waals surface area contributed by atoms with E-state index in [4.69, 9.17) is 34.2 Å². The van der Waals surface area contributed by atoms with Crippen LogP contribution in [-0.4, -0.2) is 0 Å². The molecule has 3 rings (SSSR count). The van der Waals surface area contributed by atoms with Gasteiger partial charge >= 0.3 is 7.82 Å². The molecule has 0 aliphatic rings. The number of nitriles is 2. The van der Waals surface area contributed by atoms with Crippen LogP contribution in [0.5, 0.6) is 17.2 Å². The second kappa shape index (κ2) is 9.41. The fraction of sp³-hybridized carbons (Fsp3) is 0. The lowest BCUT2D eigenvalue weighted by Crippen LogP contribution is -2.07. The fourth-order valence-electron chi connectivity index (χ4n) is 2.00. The fourth-order valence-corrected chi connectivity index (χ4v) is 2.82. The van der Waals surface area contributed by atoms with E-state index in [2.05, 4.69) is 0 Å². The molecule has 0 aromatic heterocycles. The molecule has 0 bridgehead atoms. The van der Waals surface area contributed by atoms with Crippen LogP contribution >= 0.6 is 7.82 Å². The molecule has 3 aromatic carbocycles. The molecule has 0 heterocycles. The summed E-state index contributed by atoms with van der Waals surface area (Å²) in [6.07, 6.45) is 0. The van der Waals surface area contributed by atoms with Crippen molar-refractivity contribution in [2.24, 2.45) is 0 Å². The van der Waals surface area contributed by atoms with Gasteiger partial charge in [0.1, 0.15) is 5.75 Å². The molecule has 0 aliphatic heterocycles. The Morgan fingerprint density at radius 1 is 0.621 bits per heavy atom. The summed E-state index contributed by atoms with van der Waals surface area (Å²) in [5.41, 5.74) is 0.836. The number of hydrogen-bond donors (Lipinski definition) is 0. The van der Waals surface area contributed by atoms with Crippen molar-refractivity contribution in [3.05, 3.63) is 90.0 Å². The number of benzene rings is 3. The summed E-state index contributed by atoms with van der Waals surface area (Å²) in [6, 6.07) is 23.9. The van der Waals surface area contributed by atoms with Crippen LogP contribution in [0.15, 0.2) is 78.9 Å². The Kier molecular flexibility index (Phi) is 6.47. The van der Waals surface area contributed by atoms with Crippen LogP contribution in [0, 0.1) is 22.7 Å². The van der Waals surface area contributed by atoms with Gasteiger partial charge in [0, 0.05) is 0 Å². The number of hydrogen-bond acceptors (Lipinski definition) is 8. The predicted octanol–water partition coefficient (Wildman–Crippen LogP) is 4.94. The van der Waals surface area contributed by atoms with Crippen LogP contribution in [0.1, 0.15) is 11.1 Å². The largest absolute Gasteiger partial charge is 0.604 e. The zero-order valence-electron chi connectivity index (χ0n) is 14.8. The molecule has 0 fully saturated rings. The highest BCUT2D eigenvalue weighted by atomic mass is 31.2. The van der Waals surface area contributed by atoms with Crippen LogP contribution in [0.2, 0.25) is 0 Å². The summed E-state index contributed by atoms with van der Waals surface area (Å²) in [5.74, 6) is 0.536. The highest BCUT2D eigenvalue weighted by molar-refractivity contribution is 7.48. The average Bonchev–Trinajstić information content (AvgIpc) is 2.78. The van der Waals surface area contributed by atoms with Crippen LogP contribution in [0.3, 0.4) is 0 Å². The Balaban J connectivity index is 1.72. The summed E-state index contributed by atoms with van der Waals surface area (Å²) in [5, 5.41) is 17.6. The molecule has 0 saturated heterocycles. The third-order valence-electron chi connectivity index (χ3n) is 3.38. The maximum atomic E-state index is 13.0. The Morgan fingerprint density at radius 3 is 1.48 bits per heavy atom. The van der Waals surface area contributed by atoms with Gasteiger partial charge in [-0.25, -0.2) is 4.57 Å². The monoisotopic (exact) mass is 408 g/mol. The molecule has 144 valence electrons. The van der Waals surface area contributed by atoms with Gasteiger partial charge < -0.3 is 14.3 Å². The van der Waals surface area contributed by atoms with E-state index in [9.17, 15) is 4.57 Å². The van der Waals surface area contributed by atoms with Crippen molar-refractivity contribution < 1.29 is 28.2 Å². The zero-order valence-corrected chi connectivity index (χ0v) is 15.7. The van der Waals surface area contributed by atoms with Crippen molar-refractivity contribution in [2.75, 3.05) is 0 Å². The zero-order chi connectivity index (χ0) is 20.5. The van der Waals surface area contributed by atoms with Crippen molar-refractivity contribution in [1.82, 2.24) is 0 Å². The quantitative estimate of drug-likeness (QED) is 0.293. The highest BCUT2D eigenvalue weighted by Gasteiger charge is 2.34. The molecule has 0 aliphatic carbocycles. The van der Waals surface area contributed by atoms with Gasteiger partial charge in [-0.05, 0) is 60.7 Å². The van der Waals surface area contributed by atoms with Crippen molar-refractivity contribution in [2.45, 2.75) is 0 Å². The van der Waals surface area contributed by atoms with E-state index in [0.717, 1.165) is 0 Å². The van der Waals surface area contributed by atoms with Gasteiger partial charge in [0.25, 0.3) is 0 Å². The van der Waals surface area contributed by atoms with Crippen molar-refractivity contribution >= 4 is 7.82 Å². The smallest absolute Gasteiger partial charge is 0.400 e. The first-order valence-electron chi connectivity index (χ1n) is 8.18. The Hall–Kier alpha value is -3.81. The lowest BCUT2D eigenvalue weighted by molar-refractivity contribution is -0.185. The summed E-state index contributed by atoms with van der Waals surface area (Å²) < 4.78 is 28.1. The Labute approximate surface area is 166 Å². The molecular formula is C20H13N2O6P. The normalized spacial score (nSPS) is 10.4. The molecule has 0 amide bonds. The van der Waals surface area contributed by atoms with E-state index in [1.807, 2.05) is 12.1 Å². The molecular weight excluding hydrogens is 395 g/mol. The summed E-state index contributed by atoms with van der Waals surface area (Å²) >= 11 is 0. The van der Waals surface area contributed by atoms with E-state index >= 15 is 0 Å². The van der Waals surface area contributed by atoms with Crippen molar-refractivity contribution in [1.29, 1.82) is 10.5 Å². The molecule has 0 spiro atoms. The summed E-state index contributed by atoms with van der Waals surface area (Å²) in [6.45, 7) is 0. The Bertz CT molecular complexity index is 1010. The third-order valence-corrected chi connectivity index (χ3v) is 4.33. The number of rotatable bonds is 8. The van der Waals surface area contributed by atoms with Gasteiger partial charge in [-0.1, -0.05) is 27.5 Å². The molecule has 9 heteroatoms. The van der Waals surface area contributed by atoms with Gasteiger partial charge in [0.05, 0.1) is 23.3 Å². The molecule has 29 heavy (non-hydrogen) atoms. The highest BCUT2D eigenvalue weighted by Crippen LogP contribution is 2.50. The minimum Gasteiger partial charge on any atom is -0.400 e. The van der Waals surface area contributed by atoms with Gasteiger partial charge in [0.2, 0.25) is 0 Å². The van der Waals surface area contributed by atoms with E-state index in [0.29, 0.717) is 11.1 Å². The van der Waals surface area contributed by atoms with E-state index in [-0.39, 0.29) is 17.2 Å². The van der Waals surface area contributed by atoms with E-state index in [1.54, 1.807) is 30.3 Å². The first-order chi connectivity index (χ1) is 14.1. The second-order valence-corrected chi connectivity index (χ2v) is 6.81. The van der Waals surface area contributed by atoms with E-state index < -0.39 is 7.82 Å². The number of para-hydroxylation sites is 1. The Morgan fingerprint density at radius 2 is 1.07 bits per heavy atom. The van der Waals surface area contributed by atoms with Crippen LogP contribution in [0.25, 0.3) is 0 Å². The minimum atomic E-state index is -4.38. The van der Waals surface area contributed by atoms with Gasteiger partial charge in [-0.3, -0.25) is 0 Å². The molecule has 3 aromatic rings. The van der Waals surface area contributed by atoms with Gasteiger partial charge in [-0.15, -0.1) is 0 Å². The maximum Gasteiger partial charge on any atom is 0.604 e. The van der Waals surface area contributed by atoms with Crippen molar-refractivity contribution in [3.63, 3.8) is 0 Å². The lowest BCUT2D eigenvalue weighted by atomic mass is 10.2. The molecule has 0 unspecified atom stereocenters. The topological polar surface area (TPSA) is 111 Å².